The quantitative estimate of drug-likeness (QED) is 0.447. The zero-order chi connectivity index (χ0) is 22.4. The highest BCUT2D eigenvalue weighted by Gasteiger charge is 2.29. The standard InChI is InChI=1S/C23H20FNO5S/c1-30-23(27)18-9-5-8-17(14-18)22(26)25-15-21(16-6-3-2-4-7-16)31(28,29)20-12-10-19(24)11-13-20/h2-14,21H,15H2,1H3,(H,25,26). The fraction of sp³-hybridized carbons (Fsp3) is 0.130. The van der Waals surface area contributed by atoms with Crippen LogP contribution >= 0.6 is 0 Å². The maximum absolute atomic E-state index is 13.3. The second-order valence-corrected chi connectivity index (χ2v) is 8.81. The van der Waals surface area contributed by atoms with Crippen LogP contribution in [-0.2, 0) is 14.6 Å². The number of ether oxygens (including phenoxy) is 1. The van der Waals surface area contributed by atoms with Crippen molar-refractivity contribution in [2.24, 2.45) is 0 Å². The lowest BCUT2D eigenvalue weighted by molar-refractivity contribution is 0.0600. The van der Waals surface area contributed by atoms with Crippen LogP contribution in [0.15, 0.2) is 83.8 Å². The molecule has 0 aliphatic carbocycles. The molecule has 0 heterocycles. The Morgan fingerprint density at radius 3 is 2.23 bits per heavy atom. The van der Waals surface area contributed by atoms with Crippen LogP contribution in [0, 0.1) is 5.82 Å². The summed E-state index contributed by atoms with van der Waals surface area (Å²) in [4.78, 5) is 24.3. The highest BCUT2D eigenvalue weighted by atomic mass is 32.2. The van der Waals surface area contributed by atoms with Gasteiger partial charge in [-0.25, -0.2) is 17.6 Å². The first-order valence-corrected chi connectivity index (χ1v) is 10.9. The molecule has 6 nitrogen and oxygen atoms in total. The molecule has 1 N–H and O–H groups in total. The van der Waals surface area contributed by atoms with Crippen LogP contribution in [0.5, 0.6) is 0 Å². The van der Waals surface area contributed by atoms with Crippen LogP contribution < -0.4 is 5.32 Å². The second-order valence-electron chi connectivity index (χ2n) is 6.68. The van der Waals surface area contributed by atoms with Crippen molar-refractivity contribution < 1.29 is 27.1 Å². The van der Waals surface area contributed by atoms with Gasteiger partial charge in [0.25, 0.3) is 5.91 Å². The van der Waals surface area contributed by atoms with Crippen molar-refractivity contribution >= 4 is 21.7 Å². The van der Waals surface area contributed by atoms with E-state index in [1.807, 2.05) is 0 Å². The fourth-order valence-corrected chi connectivity index (χ4v) is 4.72. The zero-order valence-electron chi connectivity index (χ0n) is 16.6. The monoisotopic (exact) mass is 441 g/mol. The number of hydrogen-bond donors (Lipinski definition) is 1. The molecule has 8 heteroatoms. The summed E-state index contributed by atoms with van der Waals surface area (Å²) < 4.78 is 44.4. The molecule has 0 saturated carbocycles. The van der Waals surface area contributed by atoms with Gasteiger partial charge >= 0.3 is 5.97 Å². The molecule has 3 aromatic carbocycles. The van der Waals surface area contributed by atoms with Gasteiger partial charge < -0.3 is 10.1 Å². The van der Waals surface area contributed by atoms with Gasteiger partial charge in [-0.2, -0.15) is 0 Å². The fourth-order valence-electron chi connectivity index (χ4n) is 3.06. The topological polar surface area (TPSA) is 89.5 Å². The number of nitrogens with one attached hydrogen (secondary N) is 1. The summed E-state index contributed by atoms with van der Waals surface area (Å²) in [5.41, 5.74) is 0.873. The Bertz CT molecular complexity index is 1180. The van der Waals surface area contributed by atoms with Crippen molar-refractivity contribution in [1.29, 1.82) is 0 Å². The maximum Gasteiger partial charge on any atom is 0.337 e. The lowest BCUT2D eigenvalue weighted by Crippen LogP contribution is -2.32. The first-order valence-electron chi connectivity index (χ1n) is 9.34. The Kier molecular flexibility index (Phi) is 6.81. The molecule has 0 aliphatic rings. The minimum Gasteiger partial charge on any atom is -0.465 e. The van der Waals surface area contributed by atoms with Gasteiger partial charge in [0.2, 0.25) is 0 Å². The van der Waals surface area contributed by atoms with Gasteiger partial charge in [0, 0.05) is 12.1 Å². The van der Waals surface area contributed by atoms with E-state index in [4.69, 9.17) is 0 Å². The molecule has 3 aromatic rings. The molecular formula is C23H20FNO5S. The average molecular weight is 441 g/mol. The van der Waals surface area contributed by atoms with Crippen LogP contribution in [0.1, 0.15) is 31.5 Å². The summed E-state index contributed by atoms with van der Waals surface area (Å²) in [6, 6.07) is 18.9. The SMILES string of the molecule is COC(=O)c1cccc(C(=O)NCC(c2ccccc2)S(=O)(=O)c2ccc(F)cc2)c1. The molecule has 3 rings (SSSR count). The minimum absolute atomic E-state index is 0.0512. The third-order valence-corrected chi connectivity index (χ3v) is 6.80. The lowest BCUT2D eigenvalue weighted by Gasteiger charge is -2.19. The van der Waals surface area contributed by atoms with E-state index in [1.54, 1.807) is 30.3 Å². The lowest BCUT2D eigenvalue weighted by atomic mass is 10.1. The smallest absolute Gasteiger partial charge is 0.337 e. The van der Waals surface area contributed by atoms with Crippen molar-refractivity contribution in [3.8, 4) is 0 Å². The van der Waals surface area contributed by atoms with E-state index in [0.717, 1.165) is 12.1 Å². The number of carbonyl (C=O) groups excluding carboxylic acids is 2. The number of halogens is 1. The second kappa shape index (κ2) is 9.53. The number of benzene rings is 3. The normalized spacial score (nSPS) is 12.1. The summed E-state index contributed by atoms with van der Waals surface area (Å²) in [5.74, 6) is -1.68. The summed E-state index contributed by atoms with van der Waals surface area (Å²) in [6.07, 6.45) is 0. The van der Waals surface area contributed by atoms with Crippen molar-refractivity contribution in [1.82, 2.24) is 5.32 Å². The van der Waals surface area contributed by atoms with E-state index < -0.39 is 32.8 Å². The largest absolute Gasteiger partial charge is 0.465 e. The van der Waals surface area contributed by atoms with Crippen molar-refractivity contribution in [2.45, 2.75) is 10.1 Å². The highest BCUT2D eigenvalue weighted by molar-refractivity contribution is 7.91. The maximum atomic E-state index is 13.3. The average Bonchev–Trinajstić information content (AvgIpc) is 2.79. The third kappa shape index (κ3) is 5.16. The highest BCUT2D eigenvalue weighted by Crippen LogP contribution is 2.28. The first-order chi connectivity index (χ1) is 14.8. The van der Waals surface area contributed by atoms with Crippen LogP contribution in [0.3, 0.4) is 0 Å². The van der Waals surface area contributed by atoms with E-state index in [-0.39, 0.29) is 22.6 Å². The molecule has 31 heavy (non-hydrogen) atoms. The Labute approximate surface area is 179 Å². The first kappa shape index (κ1) is 22.2. The van der Waals surface area contributed by atoms with Gasteiger partial charge in [0.1, 0.15) is 11.1 Å². The molecule has 0 aliphatic heterocycles. The number of carbonyl (C=O) groups is 2. The van der Waals surface area contributed by atoms with Crippen LogP contribution in [0.25, 0.3) is 0 Å². The van der Waals surface area contributed by atoms with E-state index in [9.17, 15) is 22.4 Å². The number of hydrogen-bond acceptors (Lipinski definition) is 5. The predicted octanol–water partition coefficient (Wildman–Crippen LogP) is 3.56. The van der Waals surface area contributed by atoms with Gasteiger partial charge in [0.15, 0.2) is 9.84 Å². The molecule has 0 saturated heterocycles. The molecule has 0 radical (unpaired) electrons. The third-order valence-electron chi connectivity index (χ3n) is 4.68. The molecule has 0 fully saturated rings. The number of rotatable bonds is 7. The van der Waals surface area contributed by atoms with Crippen molar-refractivity contribution in [3.63, 3.8) is 0 Å². The van der Waals surface area contributed by atoms with E-state index in [0.29, 0.717) is 5.56 Å². The number of methoxy groups -OCH3 is 1. The van der Waals surface area contributed by atoms with Crippen LogP contribution in [0.2, 0.25) is 0 Å². The molecule has 1 atom stereocenters. The van der Waals surface area contributed by atoms with E-state index in [2.05, 4.69) is 10.1 Å². The molecular weight excluding hydrogens is 421 g/mol. The van der Waals surface area contributed by atoms with E-state index in [1.165, 1.54) is 43.5 Å². The molecule has 0 bridgehead atoms. The van der Waals surface area contributed by atoms with Gasteiger partial charge in [-0.1, -0.05) is 36.4 Å². The van der Waals surface area contributed by atoms with Crippen molar-refractivity contribution in [3.05, 3.63) is 101 Å². The van der Waals surface area contributed by atoms with Gasteiger partial charge in [-0.3, -0.25) is 4.79 Å². The zero-order valence-corrected chi connectivity index (χ0v) is 17.4. The summed E-state index contributed by atoms with van der Waals surface area (Å²) >= 11 is 0. The Balaban J connectivity index is 1.87. The summed E-state index contributed by atoms with van der Waals surface area (Å²) in [6.45, 7) is -0.217. The molecule has 0 spiro atoms. The van der Waals surface area contributed by atoms with E-state index >= 15 is 0 Å². The Morgan fingerprint density at radius 1 is 0.935 bits per heavy atom. The number of sulfone groups is 1. The van der Waals surface area contributed by atoms with Crippen molar-refractivity contribution in [2.75, 3.05) is 13.7 Å². The molecule has 1 unspecified atom stereocenters. The summed E-state index contributed by atoms with van der Waals surface area (Å²) in [5, 5.41) is 1.53. The predicted molar refractivity (Wildman–Crippen MR) is 113 cm³/mol. The number of amides is 1. The number of esters is 1. The Hall–Kier alpha value is -3.52. The summed E-state index contributed by atoms with van der Waals surface area (Å²) in [7, 11) is -2.69. The minimum atomic E-state index is -3.93. The van der Waals surface area contributed by atoms with Gasteiger partial charge in [0.05, 0.1) is 17.6 Å². The van der Waals surface area contributed by atoms with Gasteiger partial charge in [-0.15, -0.1) is 0 Å². The molecule has 1 amide bonds. The van der Waals surface area contributed by atoms with Crippen LogP contribution in [0.4, 0.5) is 4.39 Å². The van der Waals surface area contributed by atoms with Crippen LogP contribution in [-0.4, -0.2) is 33.9 Å². The Morgan fingerprint density at radius 2 is 1.58 bits per heavy atom. The van der Waals surface area contributed by atoms with Gasteiger partial charge in [-0.05, 0) is 48.0 Å². The molecule has 0 aromatic heterocycles. The molecule has 160 valence electrons.